The van der Waals surface area contributed by atoms with Crippen LogP contribution < -0.4 is 0 Å². The van der Waals surface area contributed by atoms with E-state index >= 15 is 0 Å². The van der Waals surface area contributed by atoms with E-state index in [1.165, 1.54) is 11.1 Å². The predicted molar refractivity (Wildman–Crippen MR) is 63.4 cm³/mol. The molecule has 1 saturated heterocycles. The molecule has 0 saturated carbocycles. The van der Waals surface area contributed by atoms with Crippen molar-refractivity contribution in [2.75, 3.05) is 19.7 Å². The highest BCUT2D eigenvalue weighted by Gasteiger charge is 2.34. The number of carbonyl (C=O) groups excluding carboxylic acids is 1. The standard InChI is InChI=1S/C11H12ClF2N3O2/c1-6-15-2-8(12)10(16-6)11(18)17-3-7(4-17)19-5-9(13)14/h2,7,9H,3-5H2,1H3. The van der Waals surface area contributed by atoms with Crippen molar-refractivity contribution in [3.8, 4) is 0 Å². The van der Waals surface area contributed by atoms with Gasteiger partial charge in [-0.1, -0.05) is 11.6 Å². The second kappa shape index (κ2) is 5.75. The van der Waals surface area contributed by atoms with Gasteiger partial charge in [0, 0.05) is 13.1 Å². The summed E-state index contributed by atoms with van der Waals surface area (Å²) in [7, 11) is 0. The summed E-state index contributed by atoms with van der Waals surface area (Å²) >= 11 is 5.85. The van der Waals surface area contributed by atoms with E-state index in [4.69, 9.17) is 16.3 Å². The van der Waals surface area contributed by atoms with Crippen molar-refractivity contribution in [3.63, 3.8) is 0 Å². The third kappa shape index (κ3) is 3.36. The predicted octanol–water partition coefficient (Wildman–Crippen LogP) is 1.54. The van der Waals surface area contributed by atoms with E-state index in [0.29, 0.717) is 5.82 Å². The van der Waals surface area contributed by atoms with Gasteiger partial charge in [0.2, 0.25) is 0 Å². The second-order valence-corrected chi connectivity index (χ2v) is 4.58. The normalized spacial score (nSPS) is 15.7. The molecule has 0 unspecified atom stereocenters. The van der Waals surface area contributed by atoms with Gasteiger partial charge in [-0.2, -0.15) is 0 Å². The zero-order valence-corrected chi connectivity index (χ0v) is 10.9. The summed E-state index contributed by atoms with van der Waals surface area (Å²) in [4.78, 5) is 21.3. The van der Waals surface area contributed by atoms with Crippen molar-refractivity contribution in [2.45, 2.75) is 19.5 Å². The second-order valence-electron chi connectivity index (χ2n) is 4.17. The number of hydrogen-bond acceptors (Lipinski definition) is 4. The fourth-order valence-electron chi connectivity index (χ4n) is 1.67. The molecule has 1 amide bonds. The Bertz CT molecular complexity index is 481. The Morgan fingerprint density at radius 2 is 2.32 bits per heavy atom. The lowest BCUT2D eigenvalue weighted by Crippen LogP contribution is -2.55. The molecule has 0 N–H and O–H groups in total. The minimum atomic E-state index is -2.50. The number of ether oxygens (including phenoxy) is 1. The van der Waals surface area contributed by atoms with E-state index in [1.807, 2.05) is 0 Å². The number of alkyl halides is 2. The first-order chi connectivity index (χ1) is 8.97. The van der Waals surface area contributed by atoms with Crippen molar-refractivity contribution in [1.82, 2.24) is 14.9 Å². The van der Waals surface area contributed by atoms with Gasteiger partial charge in [-0.05, 0) is 6.92 Å². The smallest absolute Gasteiger partial charge is 0.274 e. The fraction of sp³-hybridized carbons (Fsp3) is 0.545. The molecule has 2 rings (SSSR count). The minimum absolute atomic E-state index is 0.126. The highest BCUT2D eigenvalue weighted by Crippen LogP contribution is 2.20. The van der Waals surface area contributed by atoms with Crippen LogP contribution >= 0.6 is 11.6 Å². The van der Waals surface area contributed by atoms with Gasteiger partial charge in [0.15, 0.2) is 5.69 Å². The van der Waals surface area contributed by atoms with E-state index in [-0.39, 0.29) is 35.8 Å². The van der Waals surface area contributed by atoms with Crippen LogP contribution in [0, 0.1) is 6.92 Å². The Morgan fingerprint density at radius 3 is 2.95 bits per heavy atom. The summed E-state index contributed by atoms with van der Waals surface area (Å²) in [6, 6.07) is 0. The number of likely N-dealkylation sites (tertiary alicyclic amines) is 1. The van der Waals surface area contributed by atoms with Gasteiger partial charge < -0.3 is 9.64 Å². The van der Waals surface area contributed by atoms with Crippen LogP contribution in [-0.4, -0.2) is 53.0 Å². The summed E-state index contributed by atoms with van der Waals surface area (Å²) < 4.78 is 28.8. The number of rotatable bonds is 4. The monoisotopic (exact) mass is 291 g/mol. The van der Waals surface area contributed by atoms with Gasteiger partial charge in [0.1, 0.15) is 12.4 Å². The molecule has 1 aromatic rings. The van der Waals surface area contributed by atoms with Crippen molar-refractivity contribution >= 4 is 17.5 Å². The van der Waals surface area contributed by atoms with Crippen LogP contribution in [0.25, 0.3) is 0 Å². The number of halogens is 3. The van der Waals surface area contributed by atoms with Gasteiger partial charge in [0.25, 0.3) is 12.3 Å². The van der Waals surface area contributed by atoms with Crippen molar-refractivity contribution < 1.29 is 18.3 Å². The lowest BCUT2D eigenvalue weighted by molar-refractivity contribution is -0.0776. The molecule has 19 heavy (non-hydrogen) atoms. The van der Waals surface area contributed by atoms with Gasteiger partial charge >= 0.3 is 0 Å². The van der Waals surface area contributed by atoms with Crippen LogP contribution in [0.2, 0.25) is 5.02 Å². The van der Waals surface area contributed by atoms with Crippen molar-refractivity contribution in [2.24, 2.45) is 0 Å². The zero-order chi connectivity index (χ0) is 14.0. The third-order valence-corrected chi connectivity index (χ3v) is 2.94. The van der Waals surface area contributed by atoms with Crippen molar-refractivity contribution in [3.05, 3.63) is 22.7 Å². The molecular weight excluding hydrogens is 280 g/mol. The van der Waals surface area contributed by atoms with E-state index in [2.05, 4.69) is 9.97 Å². The van der Waals surface area contributed by atoms with Crippen LogP contribution in [-0.2, 0) is 4.74 Å². The maximum absolute atomic E-state index is 12.0. The topological polar surface area (TPSA) is 55.3 Å². The molecule has 1 fully saturated rings. The van der Waals surface area contributed by atoms with E-state index in [9.17, 15) is 13.6 Å². The molecule has 1 aliphatic rings. The molecule has 104 valence electrons. The Kier molecular flexibility index (Phi) is 4.26. The number of aromatic nitrogens is 2. The molecular formula is C11H12ClF2N3O2. The minimum Gasteiger partial charge on any atom is -0.369 e. The number of nitrogens with zero attached hydrogens (tertiary/aromatic N) is 3. The molecule has 0 spiro atoms. The van der Waals surface area contributed by atoms with Crippen molar-refractivity contribution in [1.29, 1.82) is 0 Å². The van der Waals surface area contributed by atoms with Crippen LogP contribution in [0.5, 0.6) is 0 Å². The number of carbonyl (C=O) groups is 1. The molecule has 1 aromatic heterocycles. The highest BCUT2D eigenvalue weighted by molar-refractivity contribution is 6.33. The molecule has 0 radical (unpaired) electrons. The fourth-order valence-corrected chi connectivity index (χ4v) is 1.85. The van der Waals surface area contributed by atoms with Gasteiger partial charge in [0.05, 0.1) is 17.3 Å². The first-order valence-electron chi connectivity index (χ1n) is 5.65. The first kappa shape index (κ1) is 14.1. The van der Waals surface area contributed by atoms with Crippen LogP contribution in [0.1, 0.15) is 16.3 Å². The molecule has 1 aliphatic heterocycles. The Hall–Kier alpha value is -1.34. The van der Waals surface area contributed by atoms with E-state index < -0.39 is 13.0 Å². The zero-order valence-electron chi connectivity index (χ0n) is 10.1. The SMILES string of the molecule is Cc1ncc(Cl)c(C(=O)N2CC(OCC(F)F)C2)n1. The van der Waals surface area contributed by atoms with Crippen LogP contribution in [0.3, 0.4) is 0 Å². The Labute approximate surface area is 113 Å². The Morgan fingerprint density at radius 1 is 1.63 bits per heavy atom. The molecule has 8 heteroatoms. The maximum Gasteiger partial charge on any atom is 0.274 e. The molecule has 0 aliphatic carbocycles. The van der Waals surface area contributed by atoms with E-state index in [1.54, 1.807) is 6.92 Å². The number of aryl methyl sites for hydroxylation is 1. The highest BCUT2D eigenvalue weighted by atomic mass is 35.5. The maximum atomic E-state index is 12.0. The van der Waals surface area contributed by atoms with Gasteiger partial charge in [-0.15, -0.1) is 0 Å². The largest absolute Gasteiger partial charge is 0.369 e. The molecule has 0 bridgehead atoms. The molecule has 2 heterocycles. The van der Waals surface area contributed by atoms with Crippen LogP contribution in [0.15, 0.2) is 6.20 Å². The molecule has 0 atom stereocenters. The van der Waals surface area contributed by atoms with Gasteiger partial charge in [-0.3, -0.25) is 4.79 Å². The lowest BCUT2D eigenvalue weighted by Gasteiger charge is -2.38. The third-order valence-electron chi connectivity index (χ3n) is 2.66. The van der Waals surface area contributed by atoms with E-state index in [0.717, 1.165) is 0 Å². The summed E-state index contributed by atoms with van der Waals surface area (Å²) in [5.74, 6) is 0.103. The molecule has 5 nitrogen and oxygen atoms in total. The average Bonchev–Trinajstić information content (AvgIpc) is 2.29. The number of amides is 1. The summed E-state index contributed by atoms with van der Waals surface area (Å²) in [5, 5.41) is 0.174. The lowest BCUT2D eigenvalue weighted by atomic mass is 10.1. The first-order valence-corrected chi connectivity index (χ1v) is 6.03. The van der Waals surface area contributed by atoms with Crippen LogP contribution in [0.4, 0.5) is 8.78 Å². The quantitative estimate of drug-likeness (QED) is 0.844. The summed E-state index contributed by atoms with van der Waals surface area (Å²) in [5.41, 5.74) is 0.126. The average molecular weight is 292 g/mol. The summed E-state index contributed by atoms with van der Waals surface area (Å²) in [6.07, 6.45) is -1.48. The van der Waals surface area contributed by atoms with Gasteiger partial charge in [-0.25, -0.2) is 18.7 Å². The number of hydrogen-bond donors (Lipinski definition) is 0. The summed E-state index contributed by atoms with van der Waals surface area (Å²) in [6.45, 7) is 1.58. The Balaban J connectivity index is 1.91. The molecule has 0 aromatic carbocycles.